The van der Waals surface area contributed by atoms with Gasteiger partial charge in [0, 0.05) is 51.2 Å². The number of nitrogens with two attached hydrogens (primary N) is 1. The van der Waals surface area contributed by atoms with Gasteiger partial charge in [-0.05, 0) is 72.8 Å². The molecule has 98 heavy (non-hydrogen) atoms. The molecule has 0 aliphatic carbocycles. The van der Waals surface area contributed by atoms with Crippen LogP contribution < -0.4 is 65.2 Å². The zero-order valence-corrected chi connectivity index (χ0v) is 56.2. The van der Waals surface area contributed by atoms with E-state index in [9.17, 15) is 65.8 Å². The Kier molecular flexibility index (Phi) is 32.7. The fraction of sp³-hybridized carbons (Fsp3) is 0.262. The quantitative estimate of drug-likeness (QED) is 0.0284. The molecule has 0 aromatic heterocycles. The van der Waals surface area contributed by atoms with Crippen LogP contribution in [0, 0.1) is 20.2 Å². The number of nitrogens with zero attached hydrogens (tertiary/aromatic N) is 5. The van der Waals surface area contributed by atoms with Crippen LogP contribution in [0.4, 0.5) is 39.8 Å². The zero-order chi connectivity index (χ0) is 72.4. The number of carbonyl (C=O) groups is 6. The van der Waals surface area contributed by atoms with Crippen molar-refractivity contribution >= 4 is 95.4 Å². The molecule has 2 saturated heterocycles. The number of sulfonamides is 2. The fourth-order valence-electron chi connectivity index (χ4n) is 8.59. The van der Waals surface area contributed by atoms with Crippen molar-refractivity contribution in [2.75, 3.05) is 114 Å². The van der Waals surface area contributed by atoms with Gasteiger partial charge in [0.1, 0.15) is 28.7 Å². The summed E-state index contributed by atoms with van der Waals surface area (Å²) in [5, 5.41) is 40.7. The van der Waals surface area contributed by atoms with E-state index in [0.29, 0.717) is 59.6 Å². The Bertz CT molecular complexity index is 4030. The molecule has 524 valence electrons. The first kappa shape index (κ1) is 79.3. The monoisotopic (exact) mass is 1400 g/mol. The third kappa shape index (κ3) is 24.0. The first-order chi connectivity index (χ1) is 46.8. The van der Waals surface area contributed by atoms with Gasteiger partial charge in [0.05, 0.1) is 100 Å². The largest absolute Gasteiger partial charge is 0.495 e. The van der Waals surface area contributed by atoms with Crippen LogP contribution in [0.1, 0.15) is 26.7 Å². The third-order valence-corrected chi connectivity index (χ3v) is 16.8. The highest BCUT2D eigenvalue weighted by Crippen LogP contribution is 2.33. The molecule has 0 radical (unpaired) electrons. The molecule has 0 bridgehead atoms. The predicted molar refractivity (Wildman–Crippen MR) is 366 cm³/mol. The molecule has 2 aliphatic rings. The summed E-state index contributed by atoms with van der Waals surface area (Å²) in [5.41, 5.74) is 7.21. The minimum atomic E-state index is -4.22. The lowest BCUT2D eigenvalue weighted by Crippen LogP contribution is -2.52. The smallest absolute Gasteiger partial charge is 0.303 e. The topological polar surface area (TPSA) is 419 Å². The van der Waals surface area contributed by atoms with Gasteiger partial charge in [-0.1, -0.05) is 98.8 Å². The van der Waals surface area contributed by atoms with Crippen LogP contribution in [0.3, 0.4) is 0 Å². The number of amides is 5. The summed E-state index contributed by atoms with van der Waals surface area (Å²) in [6.07, 6.45) is 0.693. The molecule has 0 atom stereocenters. The number of anilines is 5. The predicted octanol–water partition coefficient (Wildman–Crippen LogP) is 6.91. The maximum absolute atomic E-state index is 12.9. The van der Waals surface area contributed by atoms with Crippen molar-refractivity contribution in [1.82, 2.24) is 14.3 Å². The van der Waals surface area contributed by atoms with Crippen molar-refractivity contribution in [3.05, 3.63) is 190 Å². The van der Waals surface area contributed by atoms with Crippen LogP contribution in [0.2, 0.25) is 0 Å². The first-order valence-corrected chi connectivity index (χ1v) is 32.5. The summed E-state index contributed by atoms with van der Waals surface area (Å²) >= 11 is 0. The standard InChI is InChI=1S/C17H17N3O6S.C15H15N3O6S.C11H14N2O2.C10H13NO2.C9H12N2O2.C3H6O2/c1-26-15-8-4-2-6-13(15)19-11-10-18(12-17(19)21)27(24,25)16-9-5-3-7-14(16)20(22)23;1-24-13-8-4-2-6-11(13)17-15(19)10-16-25(22,23)14-9-5-3-7-12(14)18(20)21;1-15-10-5-3-2-4-9(10)13-7-6-12-8-11(13)14;1-3-10(12)11-8-6-4-5-7-9(8)13-2;1-13-8-5-3-2-4-7(8)11-9(12)6-10;1-2-3(4)5/h2-9H,10-12H2,1H3;2-9,16H,10H2,1H3,(H,17,19);2-5,12H,6-8H2,1H3;4-7H,3H2,1-2H3,(H,11,12);2-5H,6,10H2,1H3,(H,11,12);2H2,1H3,(H,4,5). The average Bonchev–Trinajstić information content (AvgIpc) is 0.777. The molecule has 5 amide bonds. The Morgan fingerprint density at radius 1 is 0.520 bits per heavy atom. The number of benzene rings is 7. The van der Waals surface area contributed by atoms with Gasteiger partial charge in [-0.3, -0.25) is 49.0 Å². The number of piperazine rings is 2. The minimum Gasteiger partial charge on any atom is -0.495 e. The summed E-state index contributed by atoms with van der Waals surface area (Å²) in [7, 11) is -0.738. The molecule has 2 fully saturated rings. The highest BCUT2D eigenvalue weighted by atomic mass is 32.2. The lowest BCUT2D eigenvalue weighted by Gasteiger charge is -2.34. The van der Waals surface area contributed by atoms with Crippen molar-refractivity contribution < 1.29 is 84.2 Å². The molecule has 31 nitrogen and oxygen atoms in total. The molecule has 0 spiro atoms. The molecule has 2 aliphatic heterocycles. The van der Waals surface area contributed by atoms with Crippen LogP contribution in [-0.4, -0.2) is 160 Å². The van der Waals surface area contributed by atoms with Gasteiger partial charge in [0.15, 0.2) is 9.79 Å². The van der Waals surface area contributed by atoms with Crippen molar-refractivity contribution in [3.63, 3.8) is 0 Å². The molecule has 2 heterocycles. The second-order valence-corrected chi connectivity index (χ2v) is 23.4. The van der Waals surface area contributed by atoms with E-state index in [1.165, 1.54) is 49.5 Å². The SMILES string of the molecule is CCC(=O)Nc1ccccc1OC.CCC(=O)O.COc1ccccc1N1CCN(S(=O)(=O)c2ccccc2[N+](=O)[O-])CC1=O.COc1ccccc1N1CCNCC1=O.COc1ccccc1NC(=O)CN.COc1ccccc1NC(=O)CNS(=O)(=O)c1ccccc1[N+](=O)[O-]. The summed E-state index contributed by atoms with van der Waals surface area (Å²) in [4.78, 5) is 90.4. The first-order valence-electron chi connectivity index (χ1n) is 29.6. The van der Waals surface area contributed by atoms with Crippen LogP contribution in [-0.2, 0) is 48.8 Å². The normalized spacial score (nSPS) is 12.5. The number of aliphatic carboxylic acids is 1. The summed E-state index contributed by atoms with van der Waals surface area (Å²) < 4.78 is 78.8. The number of nitro groups is 2. The molecule has 8 N–H and O–H groups in total. The number of carboxylic acids is 1. The van der Waals surface area contributed by atoms with E-state index >= 15 is 0 Å². The van der Waals surface area contributed by atoms with Crippen molar-refractivity contribution in [3.8, 4) is 28.7 Å². The molecule has 7 aromatic rings. The second-order valence-electron chi connectivity index (χ2n) is 19.8. The zero-order valence-electron chi connectivity index (χ0n) is 54.6. The lowest BCUT2D eigenvalue weighted by atomic mass is 10.2. The molecule has 0 unspecified atom stereocenters. The number of rotatable bonds is 21. The van der Waals surface area contributed by atoms with Gasteiger partial charge in [0.25, 0.3) is 11.4 Å². The van der Waals surface area contributed by atoms with Crippen molar-refractivity contribution in [1.29, 1.82) is 0 Å². The Balaban J connectivity index is 0.000000264. The third-order valence-electron chi connectivity index (χ3n) is 13.4. The number of carboxylic acid groups (broad SMARTS) is 1. The van der Waals surface area contributed by atoms with Crippen LogP contribution in [0.5, 0.6) is 28.7 Å². The number of ether oxygens (including phenoxy) is 5. The van der Waals surface area contributed by atoms with E-state index in [2.05, 4.69) is 21.3 Å². The van der Waals surface area contributed by atoms with Gasteiger partial charge in [-0.2, -0.15) is 4.31 Å². The number of nitro benzene ring substituents is 2. The molecular weight excluding hydrogens is 1320 g/mol. The number of hydrogen-bond donors (Lipinski definition) is 7. The van der Waals surface area contributed by atoms with Gasteiger partial charge >= 0.3 is 5.97 Å². The number of carbonyl (C=O) groups excluding carboxylic acids is 5. The van der Waals surface area contributed by atoms with Gasteiger partial charge in [0.2, 0.25) is 49.6 Å². The van der Waals surface area contributed by atoms with Crippen LogP contribution in [0.15, 0.2) is 180 Å². The number of hydrogen-bond acceptors (Lipinski definition) is 21. The van der Waals surface area contributed by atoms with E-state index in [0.717, 1.165) is 46.2 Å². The Morgan fingerprint density at radius 3 is 1.31 bits per heavy atom. The van der Waals surface area contributed by atoms with Gasteiger partial charge < -0.3 is 65.6 Å². The van der Waals surface area contributed by atoms with E-state index in [1.54, 1.807) is 93.8 Å². The number of para-hydroxylation sites is 12. The summed E-state index contributed by atoms with van der Waals surface area (Å²) in [5.74, 6) is 0.990. The lowest BCUT2D eigenvalue weighted by molar-refractivity contribution is -0.388. The van der Waals surface area contributed by atoms with Gasteiger partial charge in [-0.15, -0.1) is 0 Å². The average molecular weight is 1400 g/mol. The van der Waals surface area contributed by atoms with E-state index in [4.69, 9.17) is 34.5 Å². The van der Waals surface area contributed by atoms with Gasteiger partial charge in [-0.25, -0.2) is 21.6 Å². The number of nitrogens with one attached hydrogen (secondary N) is 5. The number of methoxy groups -OCH3 is 5. The molecular formula is C65H77N11O20S2. The van der Waals surface area contributed by atoms with Crippen molar-refractivity contribution in [2.24, 2.45) is 5.73 Å². The highest BCUT2D eigenvalue weighted by Gasteiger charge is 2.37. The Hall–Kier alpha value is -11.1. The highest BCUT2D eigenvalue weighted by molar-refractivity contribution is 7.89. The van der Waals surface area contributed by atoms with E-state index in [1.807, 2.05) is 72.3 Å². The maximum atomic E-state index is 12.9. The molecule has 0 saturated carbocycles. The fourth-order valence-corrected chi connectivity index (χ4v) is 11.3. The molecule has 7 aromatic carbocycles. The van der Waals surface area contributed by atoms with E-state index < -0.39 is 81.9 Å². The molecule has 33 heteroatoms. The maximum Gasteiger partial charge on any atom is 0.303 e. The molecule has 9 rings (SSSR count). The van der Waals surface area contributed by atoms with Crippen molar-refractivity contribution in [2.45, 2.75) is 36.5 Å². The van der Waals surface area contributed by atoms with Crippen LogP contribution in [0.25, 0.3) is 0 Å². The summed E-state index contributed by atoms with van der Waals surface area (Å²) in [6.45, 7) is 4.42. The Labute approximate surface area is 566 Å². The van der Waals surface area contributed by atoms with Crippen LogP contribution >= 0.6 is 0 Å². The second kappa shape index (κ2) is 40.3. The minimum absolute atomic E-state index is 0.00972. The Morgan fingerprint density at radius 2 is 0.898 bits per heavy atom. The van der Waals surface area contributed by atoms with E-state index in [-0.39, 0.29) is 43.8 Å². The summed E-state index contributed by atoms with van der Waals surface area (Å²) in [6, 6.07) is 45.6.